The van der Waals surface area contributed by atoms with Crippen LogP contribution in [-0.2, 0) is 0 Å². The van der Waals surface area contributed by atoms with Crippen LogP contribution in [0.1, 0.15) is 0 Å². The minimum absolute atomic E-state index is 0.264. The lowest BCUT2D eigenvalue weighted by molar-refractivity contribution is 0.174. The summed E-state index contributed by atoms with van der Waals surface area (Å²) in [4.78, 5) is 7.66. The third kappa shape index (κ3) is 1.42. The van der Waals surface area contributed by atoms with Gasteiger partial charge in [0.15, 0.2) is 27.8 Å². The summed E-state index contributed by atoms with van der Waals surface area (Å²) in [6.07, 6.45) is 0. The summed E-state index contributed by atoms with van der Waals surface area (Å²) in [5.41, 5.74) is 1.71. The molecule has 1 aliphatic rings. The molecule has 0 saturated heterocycles. The van der Waals surface area contributed by atoms with Gasteiger partial charge in [-0.1, -0.05) is 0 Å². The Bertz CT molecular complexity index is 706. The van der Waals surface area contributed by atoms with E-state index in [0.29, 0.717) is 16.3 Å². The number of halogens is 1. The lowest BCUT2D eigenvalue weighted by Gasteiger charge is -1.93. The molecule has 0 amide bonds. The maximum Gasteiger partial charge on any atom is 0.231 e. The van der Waals surface area contributed by atoms with Crippen LogP contribution in [0.5, 0.6) is 11.5 Å². The molecule has 1 aliphatic heterocycles. The number of fused-ring (bicyclic) bond motifs is 2. The summed E-state index contributed by atoms with van der Waals surface area (Å²) in [5.74, 6) is 2.82. The van der Waals surface area contributed by atoms with E-state index in [1.807, 2.05) is 24.3 Å². The highest BCUT2D eigenvalue weighted by atomic mass is 79.9. The zero-order valence-corrected chi connectivity index (χ0v) is 10.7. The van der Waals surface area contributed by atoms with E-state index in [4.69, 9.17) is 13.9 Å². The maximum absolute atomic E-state index is 5.46. The van der Waals surface area contributed by atoms with Crippen LogP contribution in [0, 0.1) is 0 Å². The minimum atomic E-state index is 0.264. The molecule has 0 fully saturated rings. The molecule has 0 aliphatic carbocycles. The largest absolute Gasteiger partial charge is 0.454 e. The van der Waals surface area contributed by atoms with Crippen LogP contribution in [0.4, 0.5) is 0 Å². The molecule has 0 atom stereocenters. The second-order valence-corrected chi connectivity index (χ2v) is 4.69. The summed E-state index contributed by atoms with van der Waals surface area (Å²) in [6.45, 7) is 0.264. The lowest BCUT2D eigenvalue weighted by atomic mass is 10.3. The molecule has 1 aromatic carbocycles. The number of H-pyrrole nitrogens is 1. The fraction of sp³-hybridized carbons (Fsp3) is 0.0833. The topological polar surface area (TPSA) is 60.3 Å². The SMILES string of the molecule is Brc1ccc(-c2nc3cc4c(cc3[nH]2)OCO4)o1. The number of aromatic amines is 1. The number of nitrogens with one attached hydrogen (secondary N) is 1. The van der Waals surface area contributed by atoms with Crippen LogP contribution in [-0.4, -0.2) is 16.8 Å². The second kappa shape index (κ2) is 3.52. The summed E-state index contributed by atoms with van der Waals surface area (Å²) < 4.78 is 16.8. The first kappa shape index (κ1) is 10.0. The molecule has 4 rings (SSSR count). The Morgan fingerprint density at radius 3 is 2.78 bits per heavy atom. The van der Waals surface area contributed by atoms with Gasteiger partial charge in [0.05, 0.1) is 11.0 Å². The van der Waals surface area contributed by atoms with Gasteiger partial charge in [0.1, 0.15) is 0 Å². The Balaban J connectivity index is 1.89. The van der Waals surface area contributed by atoms with E-state index in [1.54, 1.807) is 0 Å². The molecule has 90 valence electrons. The van der Waals surface area contributed by atoms with E-state index >= 15 is 0 Å². The molecule has 0 radical (unpaired) electrons. The van der Waals surface area contributed by atoms with Crippen LogP contribution in [0.25, 0.3) is 22.6 Å². The summed E-state index contributed by atoms with van der Waals surface area (Å²) in [5, 5.41) is 0. The van der Waals surface area contributed by atoms with Crippen molar-refractivity contribution in [1.29, 1.82) is 0 Å². The second-order valence-electron chi connectivity index (χ2n) is 3.91. The van der Waals surface area contributed by atoms with Crippen molar-refractivity contribution in [2.75, 3.05) is 6.79 Å². The van der Waals surface area contributed by atoms with Crippen molar-refractivity contribution in [2.45, 2.75) is 0 Å². The molecule has 0 unspecified atom stereocenters. The van der Waals surface area contributed by atoms with Crippen LogP contribution in [0.15, 0.2) is 33.4 Å². The Morgan fingerprint density at radius 1 is 1.17 bits per heavy atom. The highest BCUT2D eigenvalue weighted by Crippen LogP contribution is 2.36. The lowest BCUT2D eigenvalue weighted by Crippen LogP contribution is -1.92. The van der Waals surface area contributed by atoms with Gasteiger partial charge in [0, 0.05) is 12.1 Å². The Labute approximate surface area is 110 Å². The molecule has 2 aromatic heterocycles. The van der Waals surface area contributed by atoms with Crippen LogP contribution in [0.3, 0.4) is 0 Å². The van der Waals surface area contributed by atoms with Crippen molar-refractivity contribution < 1.29 is 13.9 Å². The first-order valence-electron chi connectivity index (χ1n) is 5.35. The number of benzene rings is 1. The standard InChI is InChI=1S/C12H7BrN2O3/c13-11-2-1-8(18-11)12-14-6-3-9-10(17-5-16-9)4-7(6)15-12/h1-4H,5H2,(H,14,15). The van der Waals surface area contributed by atoms with Crippen molar-refractivity contribution >= 4 is 27.0 Å². The van der Waals surface area contributed by atoms with Gasteiger partial charge in [-0.2, -0.15) is 0 Å². The van der Waals surface area contributed by atoms with Crippen molar-refractivity contribution in [3.8, 4) is 23.1 Å². The number of ether oxygens (including phenoxy) is 2. The number of furan rings is 1. The fourth-order valence-electron chi connectivity index (χ4n) is 1.96. The third-order valence-electron chi connectivity index (χ3n) is 2.78. The van der Waals surface area contributed by atoms with E-state index in [-0.39, 0.29) is 6.79 Å². The molecule has 0 saturated carbocycles. The average molecular weight is 307 g/mol. The monoisotopic (exact) mass is 306 g/mol. The van der Waals surface area contributed by atoms with Crippen LogP contribution >= 0.6 is 15.9 Å². The van der Waals surface area contributed by atoms with Crippen molar-refractivity contribution in [3.05, 3.63) is 28.9 Å². The molecule has 5 nitrogen and oxygen atoms in total. The van der Waals surface area contributed by atoms with E-state index in [1.165, 1.54) is 0 Å². The molecule has 1 N–H and O–H groups in total. The zero-order chi connectivity index (χ0) is 12.1. The predicted octanol–water partition coefficient (Wildman–Crippen LogP) is 3.31. The van der Waals surface area contributed by atoms with Crippen LogP contribution < -0.4 is 9.47 Å². The van der Waals surface area contributed by atoms with Crippen LogP contribution in [0.2, 0.25) is 0 Å². The van der Waals surface area contributed by atoms with E-state index in [9.17, 15) is 0 Å². The highest BCUT2D eigenvalue weighted by Gasteiger charge is 2.17. The van der Waals surface area contributed by atoms with Gasteiger partial charge in [0.25, 0.3) is 0 Å². The molecule has 3 aromatic rings. The number of imidazole rings is 1. The van der Waals surface area contributed by atoms with Crippen molar-refractivity contribution in [2.24, 2.45) is 0 Å². The predicted molar refractivity (Wildman–Crippen MR) is 67.6 cm³/mol. The van der Waals surface area contributed by atoms with Gasteiger partial charge in [-0.15, -0.1) is 0 Å². The number of rotatable bonds is 1. The molecule has 18 heavy (non-hydrogen) atoms. The minimum Gasteiger partial charge on any atom is -0.454 e. The van der Waals surface area contributed by atoms with Gasteiger partial charge in [-0.3, -0.25) is 0 Å². The first-order valence-corrected chi connectivity index (χ1v) is 6.14. The van der Waals surface area contributed by atoms with Crippen molar-refractivity contribution in [3.63, 3.8) is 0 Å². The normalized spacial score (nSPS) is 13.4. The number of hydrogen-bond donors (Lipinski definition) is 1. The van der Waals surface area contributed by atoms with Gasteiger partial charge in [-0.25, -0.2) is 4.98 Å². The van der Waals surface area contributed by atoms with E-state index in [2.05, 4.69) is 25.9 Å². The Kier molecular flexibility index (Phi) is 1.96. The summed E-state index contributed by atoms with van der Waals surface area (Å²) in [6, 6.07) is 7.42. The smallest absolute Gasteiger partial charge is 0.231 e. The molecule has 0 spiro atoms. The molecular formula is C12H7BrN2O3. The molecule has 0 bridgehead atoms. The average Bonchev–Trinajstić information content (AvgIpc) is 3.02. The Morgan fingerprint density at radius 2 is 2.00 bits per heavy atom. The van der Waals surface area contributed by atoms with Gasteiger partial charge in [-0.05, 0) is 28.1 Å². The molecule has 3 heterocycles. The van der Waals surface area contributed by atoms with Gasteiger partial charge >= 0.3 is 0 Å². The molecule has 6 heteroatoms. The molecular weight excluding hydrogens is 300 g/mol. The van der Waals surface area contributed by atoms with Gasteiger partial charge < -0.3 is 18.9 Å². The summed E-state index contributed by atoms with van der Waals surface area (Å²) in [7, 11) is 0. The number of hydrogen-bond acceptors (Lipinski definition) is 4. The van der Waals surface area contributed by atoms with E-state index < -0.39 is 0 Å². The van der Waals surface area contributed by atoms with E-state index in [0.717, 1.165) is 22.5 Å². The zero-order valence-electron chi connectivity index (χ0n) is 9.07. The van der Waals surface area contributed by atoms with Crippen molar-refractivity contribution in [1.82, 2.24) is 9.97 Å². The number of nitrogens with zero attached hydrogens (tertiary/aromatic N) is 1. The third-order valence-corrected chi connectivity index (χ3v) is 3.21. The number of aromatic nitrogens is 2. The maximum atomic E-state index is 5.46. The summed E-state index contributed by atoms with van der Waals surface area (Å²) >= 11 is 3.27. The first-order chi connectivity index (χ1) is 8.79. The highest BCUT2D eigenvalue weighted by molar-refractivity contribution is 9.10. The Hall–Kier alpha value is -1.95. The van der Waals surface area contributed by atoms with Gasteiger partial charge in [0.2, 0.25) is 6.79 Å². The fourth-order valence-corrected chi connectivity index (χ4v) is 2.26. The quantitative estimate of drug-likeness (QED) is 0.749.